The summed E-state index contributed by atoms with van der Waals surface area (Å²) in [6.45, 7) is 12.2. The first kappa shape index (κ1) is 30.9. The average molecular weight is 600 g/mol. The number of aromatic nitrogens is 5. The number of carbonyl (C=O) groups is 2. The van der Waals surface area contributed by atoms with Crippen LogP contribution in [0.1, 0.15) is 119 Å². The number of amides is 2. The number of pyridine rings is 1. The maximum Gasteiger partial charge on any atom is 0.376 e. The molecule has 4 aromatic rings. The smallest absolute Gasteiger partial charge is 0.376 e. The lowest BCUT2D eigenvalue weighted by molar-refractivity contribution is 0.0511. The molecule has 232 valence electrons. The zero-order chi connectivity index (χ0) is 31.4. The predicted molar refractivity (Wildman–Crippen MR) is 167 cm³/mol. The van der Waals surface area contributed by atoms with Crippen molar-refractivity contribution in [2.24, 2.45) is 0 Å². The molecule has 2 atom stereocenters. The van der Waals surface area contributed by atoms with Gasteiger partial charge in [0.2, 0.25) is 5.82 Å². The van der Waals surface area contributed by atoms with Gasteiger partial charge in [-0.1, -0.05) is 58.9 Å². The van der Waals surface area contributed by atoms with Crippen LogP contribution in [0.3, 0.4) is 0 Å². The van der Waals surface area contributed by atoms with Gasteiger partial charge in [-0.3, -0.25) is 9.72 Å². The Morgan fingerprint density at radius 3 is 2.45 bits per heavy atom. The molecule has 44 heavy (non-hydrogen) atoms. The highest BCUT2D eigenvalue weighted by molar-refractivity contribution is 5.90. The fraction of sp³-hybridized carbons (Fsp3) is 0.455. The van der Waals surface area contributed by atoms with Gasteiger partial charge in [0.15, 0.2) is 5.65 Å². The van der Waals surface area contributed by atoms with Gasteiger partial charge < -0.3 is 14.8 Å². The molecule has 0 radical (unpaired) electrons. The molecular weight excluding hydrogens is 558 g/mol. The van der Waals surface area contributed by atoms with Crippen molar-refractivity contribution in [1.29, 1.82) is 0 Å². The quantitative estimate of drug-likeness (QED) is 0.204. The van der Waals surface area contributed by atoms with Crippen LogP contribution in [0.4, 0.5) is 10.6 Å². The van der Waals surface area contributed by atoms with Crippen LogP contribution in [-0.2, 0) is 10.2 Å². The summed E-state index contributed by atoms with van der Waals surface area (Å²) in [6, 6.07) is 12.9. The number of rotatable bonds is 9. The predicted octanol–water partition coefficient (Wildman–Crippen LogP) is 6.67. The molecule has 0 aliphatic heterocycles. The fourth-order valence-electron chi connectivity index (χ4n) is 5.57. The Hall–Kier alpha value is -4.54. The molecule has 0 saturated carbocycles. The van der Waals surface area contributed by atoms with Crippen LogP contribution < -0.4 is 15.4 Å². The van der Waals surface area contributed by atoms with E-state index in [9.17, 15) is 9.59 Å². The number of benzene rings is 1. The lowest BCUT2D eigenvalue weighted by atomic mass is 9.85. The van der Waals surface area contributed by atoms with Crippen LogP contribution in [0.5, 0.6) is 5.75 Å². The molecule has 5 rings (SSSR count). The molecule has 0 fully saturated rings. The van der Waals surface area contributed by atoms with Gasteiger partial charge >= 0.3 is 12.0 Å². The Morgan fingerprint density at radius 1 is 1.00 bits per heavy atom. The standard InChI is InChI=1S/C33H41N7O4/c1-7-20(8-2)30-39-38-28-17-14-21(19-40(28)30)44-25-16-15-24(22-12-10-11-13-23(22)25)34-32(42)37-27-18-26(33(4,5)6)35-29(36-27)31(41)43-9-3/h10-14,17-20,24-25H,7-9,15-16H2,1-6H3,(H2,34,35,36,37,42)/t24-,25+/m0/s1. The highest BCUT2D eigenvalue weighted by atomic mass is 16.5. The minimum atomic E-state index is -0.635. The number of urea groups is 1. The van der Waals surface area contributed by atoms with Crippen LogP contribution in [-0.4, -0.2) is 43.2 Å². The van der Waals surface area contributed by atoms with Crippen LogP contribution in [0, 0.1) is 0 Å². The molecule has 1 aliphatic rings. The van der Waals surface area contributed by atoms with Crippen molar-refractivity contribution < 1.29 is 19.1 Å². The van der Waals surface area contributed by atoms with Crippen molar-refractivity contribution >= 4 is 23.5 Å². The topological polar surface area (TPSA) is 133 Å². The summed E-state index contributed by atoms with van der Waals surface area (Å²) in [5.74, 6) is 1.52. The number of esters is 1. The second-order valence-electron chi connectivity index (χ2n) is 12.1. The summed E-state index contributed by atoms with van der Waals surface area (Å²) in [5.41, 5.74) is 3.06. The van der Waals surface area contributed by atoms with Crippen LogP contribution in [0.25, 0.3) is 5.65 Å². The van der Waals surface area contributed by atoms with Crippen LogP contribution >= 0.6 is 0 Å². The van der Waals surface area contributed by atoms with E-state index in [0.717, 1.165) is 41.2 Å². The fourth-order valence-corrected chi connectivity index (χ4v) is 5.57. The van der Waals surface area contributed by atoms with Gasteiger partial charge in [-0.2, -0.15) is 0 Å². The van der Waals surface area contributed by atoms with Crippen molar-refractivity contribution in [3.8, 4) is 5.75 Å². The normalized spacial score (nSPS) is 16.4. The van der Waals surface area contributed by atoms with Crippen LogP contribution in [0.2, 0.25) is 0 Å². The zero-order valence-corrected chi connectivity index (χ0v) is 26.3. The summed E-state index contributed by atoms with van der Waals surface area (Å²) in [4.78, 5) is 34.3. The summed E-state index contributed by atoms with van der Waals surface area (Å²) in [6.07, 6.45) is 5.15. The van der Waals surface area contributed by atoms with E-state index in [0.29, 0.717) is 24.5 Å². The number of anilines is 1. The summed E-state index contributed by atoms with van der Waals surface area (Å²) < 4.78 is 13.7. The van der Waals surface area contributed by atoms with Crippen molar-refractivity contribution in [2.45, 2.75) is 90.7 Å². The zero-order valence-electron chi connectivity index (χ0n) is 26.3. The number of fused-ring (bicyclic) bond motifs is 2. The molecule has 0 saturated heterocycles. The van der Waals surface area contributed by atoms with E-state index in [1.807, 2.05) is 67.8 Å². The molecule has 1 aliphatic carbocycles. The Bertz CT molecular complexity index is 1640. The molecule has 2 N–H and O–H groups in total. The molecule has 11 nitrogen and oxygen atoms in total. The van der Waals surface area contributed by atoms with Gasteiger partial charge in [-0.25, -0.2) is 19.6 Å². The maximum atomic E-state index is 13.2. The monoisotopic (exact) mass is 599 g/mol. The highest BCUT2D eigenvalue weighted by Gasteiger charge is 2.30. The number of hydrogen-bond donors (Lipinski definition) is 2. The number of nitrogens with one attached hydrogen (secondary N) is 2. The molecule has 3 aromatic heterocycles. The van der Waals surface area contributed by atoms with Crippen molar-refractivity contribution in [3.05, 3.63) is 77.1 Å². The molecule has 0 spiro atoms. The second-order valence-corrected chi connectivity index (χ2v) is 12.1. The first-order valence-electron chi connectivity index (χ1n) is 15.4. The molecular formula is C33H41N7O4. The maximum absolute atomic E-state index is 13.2. The third-order valence-corrected chi connectivity index (χ3v) is 7.97. The third kappa shape index (κ3) is 6.66. The first-order chi connectivity index (χ1) is 21.1. The first-order valence-corrected chi connectivity index (χ1v) is 15.4. The van der Waals surface area contributed by atoms with E-state index in [-0.39, 0.29) is 35.8 Å². The number of ether oxygens (including phenoxy) is 2. The third-order valence-electron chi connectivity index (χ3n) is 7.97. The molecule has 3 heterocycles. The van der Waals surface area contributed by atoms with E-state index in [4.69, 9.17) is 9.47 Å². The van der Waals surface area contributed by atoms with E-state index in [2.05, 4.69) is 44.6 Å². The second kappa shape index (κ2) is 13.0. The van der Waals surface area contributed by atoms with Gasteiger partial charge in [0, 0.05) is 17.4 Å². The summed E-state index contributed by atoms with van der Waals surface area (Å²) in [7, 11) is 0. The summed E-state index contributed by atoms with van der Waals surface area (Å²) >= 11 is 0. The number of nitrogens with zero attached hydrogens (tertiary/aromatic N) is 5. The minimum Gasteiger partial charge on any atom is -0.484 e. The molecule has 11 heteroatoms. The van der Waals surface area contributed by atoms with Gasteiger partial charge in [0.25, 0.3) is 0 Å². The van der Waals surface area contributed by atoms with Crippen molar-refractivity contribution in [3.63, 3.8) is 0 Å². The van der Waals surface area contributed by atoms with Crippen molar-refractivity contribution in [2.75, 3.05) is 11.9 Å². The summed E-state index contributed by atoms with van der Waals surface area (Å²) in [5, 5.41) is 14.7. The van der Waals surface area contributed by atoms with E-state index in [1.54, 1.807) is 13.0 Å². The Labute approximate surface area is 257 Å². The Morgan fingerprint density at radius 2 is 1.75 bits per heavy atom. The van der Waals surface area contributed by atoms with Gasteiger partial charge in [0.05, 0.1) is 24.5 Å². The molecule has 1 aromatic carbocycles. The lowest BCUT2D eigenvalue weighted by Crippen LogP contribution is -2.36. The van der Waals surface area contributed by atoms with Gasteiger partial charge in [-0.15, -0.1) is 10.2 Å². The Balaban J connectivity index is 1.33. The SMILES string of the molecule is CCOC(=O)c1nc(NC(=O)N[C@H]2CC[C@@H](Oc3ccc4nnc(C(CC)CC)n4c3)c3ccccc32)cc(C(C)(C)C)n1. The minimum absolute atomic E-state index is 0.0886. The molecule has 2 amide bonds. The highest BCUT2D eigenvalue weighted by Crippen LogP contribution is 2.39. The van der Waals surface area contributed by atoms with Gasteiger partial charge in [0.1, 0.15) is 23.5 Å². The van der Waals surface area contributed by atoms with E-state index in [1.165, 1.54) is 0 Å². The lowest BCUT2D eigenvalue weighted by Gasteiger charge is -2.32. The van der Waals surface area contributed by atoms with E-state index < -0.39 is 12.0 Å². The average Bonchev–Trinajstić information content (AvgIpc) is 3.41. The largest absolute Gasteiger partial charge is 0.484 e. The number of carbonyl (C=O) groups excluding carboxylic acids is 2. The van der Waals surface area contributed by atoms with E-state index >= 15 is 0 Å². The van der Waals surface area contributed by atoms with Gasteiger partial charge in [-0.05, 0) is 55.9 Å². The number of hydrogen-bond acceptors (Lipinski definition) is 8. The molecule has 0 bridgehead atoms. The molecule has 0 unspecified atom stereocenters. The van der Waals surface area contributed by atoms with Crippen molar-refractivity contribution in [1.82, 2.24) is 29.9 Å². The van der Waals surface area contributed by atoms with Crippen LogP contribution in [0.15, 0.2) is 48.7 Å². The Kier molecular flexibility index (Phi) is 9.12.